The molecule has 0 bridgehead atoms. The van der Waals surface area contributed by atoms with Crippen molar-refractivity contribution in [2.75, 3.05) is 7.11 Å². The van der Waals surface area contributed by atoms with Crippen LogP contribution in [0.1, 0.15) is 29.5 Å². The van der Waals surface area contributed by atoms with Crippen molar-refractivity contribution in [2.24, 2.45) is 0 Å². The van der Waals surface area contributed by atoms with Crippen molar-refractivity contribution in [1.29, 1.82) is 0 Å². The molecule has 0 aliphatic heterocycles. The number of nitrogens with zero attached hydrogens (tertiary/aromatic N) is 1. The second-order valence-corrected chi connectivity index (χ2v) is 2.40. The van der Waals surface area contributed by atoms with Crippen LogP contribution in [0.3, 0.4) is 0 Å². The number of esters is 1. The summed E-state index contributed by atoms with van der Waals surface area (Å²) in [4.78, 5) is 11.0. The molecule has 12 heavy (non-hydrogen) atoms. The molecule has 0 aliphatic rings. The quantitative estimate of drug-likeness (QED) is 0.642. The van der Waals surface area contributed by atoms with Crippen LogP contribution in [0.25, 0.3) is 0 Å². The zero-order valence-electron chi connectivity index (χ0n) is 7.16. The molecular formula is C8H11NO3. The van der Waals surface area contributed by atoms with E-state index in [1.165, 1.54) is 13.3 Å². The largest absolute Gasteiger partial charge is 0.465 e. The molecule has 0 N–H and O–H groups in total. The second kappa shape index (κ2) is 3.90. The van der Waals surface area contributed by atoms with Gasteiger partial charge < -0.3 is 9.26 Å². The minimum absolute atomic E-state index is 0.389. The first kappa shape index (κ1) is 8.77. The van der Waals surface area contributed by atoms with Gasteiger partial charge in [0.05, 0.1) is 13.3 Å². The molecule has 0 saturated carbocycles. The fourth-order valence-electron chi connectivity index (χ4n) is 0.948. The molecule has 4 heteroatoms. The molecule has 0 aliphatic carbocycles. The number of hydrogen-bond acceptors (Lipinski definition) is 4. The minimum atomic E-state index is -0.389. The minimum Gasteiger partial charge on any atom is -0.465 e. The Kier molecular flexibility index (Phi) is 2.85. The Bertz CT molecular complexity index is 267. The van der Waals surface area contributed by atoms with Crippen LogP contribution in [0.5, 0.6) is 0 Å². The smallest absolute Gasteiger partial charge is 0.343 e. The van der Waals surface area contributed by atoms with E-state index < -0.39 is 0 Å². The second-order valence-electron chi connectivity index (χ2n) is 2.40. The number of aromatic nitrogens is 1. The SMILES string of the molecule is CCCc1oncc1C(=O)OC. The van der Waals surface area contributed by atoms with Gasteiger partial charge in [-0.15, -0.1) is 0 Å². The molecule has 0 saturated heterocycles. The first-order chi connectivity index (χ1) is 5.79. The van der Waals surface area contributed by atoms with Crippen LogP contribution >= 0.6 is 0 Å². The number of methoxy groups -OCH3 is 1. The Hall–Kier alpha value is -1.32. The maximum Gasteiger partial charge on any atom is 0.343 e. The summed E-state index contributed by atoms with van der Waals surface area (Å²) in [5.41, 5.74) is 0.430. The first-order valence-electron chi connectivity index (χ1n) is 3.81. The lowest BCUT2D eigenvalue weighted by molar-refractivity contribution is 0.0598. The zero-order valence-corrected chi connectivity index (χ0v) is 7.16. The predicted molar refractivity (Wildman–Crippen MR) is 41.8 cm³/mol. The molecule has 0 fully saturated rings. The summed E-state index contributed by atoms with van der Waals surface area (Å²) < 4.78 is 9.42. The van der Waals surface area contributed by atoms with Gasteiger partial charge in [0.2, 0.25) is 0 Å². The van der Waals surface area contributed by atoms with Gasteiger partial charge in [-0.3, -0.25) is 0 Å². The highest BCUT2D eigenvalue weighted by Crippen LogP contribution is 2.10. The number of carbonyl (C=O) groups is 1. The van der Waals surface area contributed by atoms with Gasteiger partial charge >= 0.3 is 5.97 Å². The van der Waals surface area contributed by atoms with Crippen molar-refractivity contribution in [1.82, 2.24) is 5.16 Å². The summed E-state index contributed by atoms with van der Waals surface area (Å²) in [5, 5.41) is 3.53. The lowest BCUT2D eigenvalue weighted by atomic mass is 10.2. The van der Waals surface area contributed by atoms with E-state index in [2.05, 4.69) is 9.89 Å². The third kappa shape index (κ3) is 1.64. The maximum absolute atomic E-state index is 11.0. The van der Waals surface area contributed by atoms with Gasteiger partial charge in [0.15, 0.2) is 5.76 Å². The molecule has 4 nitrogen and oxygen atoms in total. The average molecular weight is 169 g/mol. The van der Waals surface area contributed by atoms with Crippen LogP contribution in [0.4, 0.5) is 0 Å². The van der Waals surface area contributed by atoms with Gasteiger partial charge in [0, 0.05) is 6.42 Å². The number of carbonyl (C=O) groups excluding carboxylic acids is 1. The van der Waals surface area contributed by atoms with Crippen molar-refractivity contribution in [2.45, 2.75) is 19.8 Å². The van der Waals surface area contributed by atoms with Crippen LogP contribution in [-0.4, -0.2) is 18.2 Å². The highest BCUT2D eigenvalue weighted by molar-refractivity contribution is 5.89. The summed E-state index contributed by atoms with van der Waals surface area (Å²) in [7, 11) is 1.34. The Morgan fingerprint density at radius 1 is 1.75 bits per heavy atom. The molecule has 0 radical (unpaired) electrons. The van der Waals surface area contributed by atoms with E-state index in [-0.39, 0.29) is 5.97 Å². The van der Waals surface area contributed by atoms with Gasteiger partial charge in [-0.05, 0) is 6.42 Å². The number of hydrogen-bond donors (Lipinski definition) is 0. The predicted octanol–water partition coefficient (Wildman–Crippen LogP) is 1.41. The van der Waals surface area contributed by atoms with Gasteiger partial charge in [0.25, 0.3) is 0 Å². The molecule has 0 amide bonds. The molecule has 1 aromatic rings. The highest BCUT2D eigenvalue weighted by Gasteiger charge is 2.15. The van der Waals surface area contributed by atoms with Crippen molar-refractivity contribution >= 4 is 5.97 Å². The van der Waals surface area contributed by atoms with Crippen molar-refractivity contribution < 1.29 is 14.1 Å². The third-order valence-electron chi connectivity index (χ3n) is 1.53. The Labute approximate surface area is 70.5 Å². The summed E-state index contributed by atoms with van der Waals surface area (Å²) in [6.45, 7) is 2.00. The molecule has 0 aromatic carbocycles. The number of aryl methyl sites for hydroxylation is 1. The molecule has 0 spiro atoms. The lowest BCUT2D eigenvalue weighted by Gasteiger charge is -1.96. The standard InChI is InChI=1S/C8H11NO3/c1-3-4-7-6(5-9-12-7)8(10)11-2/h5H,3-4H2,1-2H3. The van der Waals surface area contributed by atoms with Gasteiger partial charge in [-0.2, -0.15) is 0 Å². The maximum atomic E-state index is 11.0. The van der Waals surface area contributed by atoms with Crippen molar-refractivity contribution in [3.8, 4) is 0 Å². The van der Waals surface area contributed by atoms with Gasteiger partial charge in [-0.25, -0.2) is 4.79 Å². The van der Waals surface area contributed by atoms with Gasteiger partial charge in [0.1, 0.15) is 5.56 Å². The van der Waals surface area contributed by atoms with Crippen LogP contribution in [0.15, 0.2) is 10.7 Å². The third-order valence-corrected chi connectivity index (χ3v) is 1.53. The topological polar surface area (TPSA) is 52.3 Å². The summed E-state index contributed by atoms with van der Waals surface area (Å²) >= 11 is 0. The Morgan fingerprint density at radius 2 is 2.50 bits per heavy atom. The monoisotopic (exact) mass is 169 g/mol. The first-order valence-corrected chi connectivity index (χ1v) is 3.81. The highest BCUT2D eigenvalue weighted by atomic mass is 16.5. The van der Waals surface area contributed by atoms with Crippen molar-refractivity contribution in [3.05, 3.63) is 17.5 Å². The van der Waals surface area contributed by atoms with E-state index in [4.69, 9.17) is 4.52 Å². The normalized spacial score (nSPS) is 9.83. The molecule has 0 unspecified atom stereocenters. The van der Waals surface area contributed by atoms with Crippen LogP contribution in [-0.2, 0) is 11.2 Å². The van der Waals surface area contributed by atoms with E-state index in [1.807, 2.05) is 6.92 Å². The van der Waals surface area contributed by atoms with Crippen molar-refractivity contribution in [3.63, 3.8) is 0 Å². The average Bonchev–Trinajstić information content (AvgIpc) is 2.52. The van der Waals surface area contributed by atoms with Crippen LogP contribution in [0.2, 0.25) is 0 Å². The van der Waals surface area contributed by atoms with Gasteiger partial charge in [-0.1, -0.05) is 12.1 Å². The Balaban J connectivity index is 2.83. The fraction of sp³-hybridized carbons (Fsp3) is 0.500. The molecular weight excluding hydrogens is 158 g/mol. The van der Waals surface area contributed by atoms with E-state index in [9.17, 15) is 4.79 Å². The van der Waals surface area contributed by atoms with E-state index in [1.54, 1.807) is 0 Å². The van der Waals surface area contributed by atoms with E-state index in [0.717, 1.165) is 6.42 Å². The molecule has 66 valence electrons. The summed E-state index contributed by atoms with van der Waals surface area (Å²) in [6, 6.07) is 0. The van der Waals surface area contributed by atoms with E-state index in [0.29, 0.717) is 17.7 Å². The van der Waals surface area contributed by atoms with E-state index >= 15 is 0 Å². The molecule has 1 rings (SSSR count). The fourth-order valence-corrected chi connectivity index (χ4v) is 0.948. The van der Waals surface area contributed by atoms with Crippen LogP contribution < -0.4 is 0 Å². The molecule has 1 aromatic heterocycles. The number of rotatable bonds is 3. The van der Waals surface area contributed by atoms with Crippen LogP contribution in [0, 0.1) is 0 Å². The number of ether oxygens (including phenoxy) is 1. The zero-order chi connectivity index (χ0) is 8.97. The summed E-state index contributed by atoms with van der Waals surface area (Å²) in [6.07, 6.45) is 3.01. The molecule has 1 heterocycles. The Morgan fingerprint density at radius 3 is 3.08 bits per heavy atom. The lowest BCUT2D eigenvalue weighted by Crippen LogP contribution is -2.02. The molecule has 0 atom stereocenters. The summed E-state index contributed by atoms with van der Waals surface area (Å²) in [5.74, 6) is 0.212.